The minimum atomic E-state index is -0.935. The van der Waals surface area contributed by atoms with Crippen molar-refractivity contribution in [3.05, 3.63) is 62.3 Å². The summed E-state index contributed by atoms with van der Waals surface area (Å²) < 4.78 is 0.589. The number of carboxylic acid groups (broad SMARTS) is 1. The number of aromatic nitrogens is 1. The largest absolute Gasteiger partial charge is 0.481 e. The molecule has 0 aliphatic rings. The number of carboxylic acids is 1. The quantitative estimate of drug-likeness (QED) is 0.853. The lowest BCUT2D eigenvalue weighted by atomic mass is 9.96. The molecule has 0 aliphatic carbocycles. The third-order valence-corrected chi connectivity index (χ3v) is 3.91. The van der Waals surface area contributed by atoms with Crippen molar-refractivity contribution in [3.8, 4) is 0 Å². The fourth-order valence-corrected chi connectivity index (χ4v) is 2.88. The lowest BCUT2D eigenvalue weighted by Gasteiger charge is -2.14. The number of hydrogen-bond acceptors (Lipinski definition) is 2. The number of nitrogens with zero attached hydrogens (tertiary/aromatic N) is 1. The molecule has 3 nitrogen and oxygen atoms in total. The van der Waals surface area contributed by atoms with E-state index in [1.54, 1.807) is 18.2 Å². The van der Waals surface area contributed by atoms with Crippen LogP contribution in [0.3, 0.4) is 0 Å². The first-order valence-corrected chi connectivity index (χ1v) is 7.30. The number of carbonyl (C=O) groups is 1. The van der Waals surface area contributed by atoms with Gasteiger partial charge in [-0.2, -0.15) is 0 Å². The van der Waals surface area contributed by atoms with E-state index in [-0.39, 0.29) is 0 Å². The van der Waals surface area contributed by atoms with Crippen molar-refractivity contribution < 1.29 is 9.90 Å². The highest BCUT2D eigenvalue weighted by molar-refractivity contribution is 9.10. The molecule has 0 radical (unpaired) electrons. The van der Waals surface area contributed by atoms with Crippen LogP contribution in [0, 0.1) is 0 Å². The zero-order valence-corrected chi connectivity index (χ0v) is 13.3. The predicted octanol–water partition coefficient (Wildman–Crippen LogP) is 4.56. The van der Waals surface area contributed by atoms with E-state index in [1.165, 1.54) is 6.20 Å². The molecule has 2 aromatic rings. The first kappa shape index (κ1) is 15.3. The van der Waals surface area contributed by atoms with E-state index in [2.05, 4.69) is 20.9 Å². The molecular weight excluding hydrogens is 365 g/mol. The minimum Gasteiger partial charge on any atom is -0.481 e. The molecule has 20 heavy (non-hydrogen) atoms. The van der Waals surface area contributed by atoms with Gasteiger partial charge in [0.1, 0.15) is 5.92 Å². The number of aliphatic carboxylic acids is 1. The van der Waals surface area contributed by atoms with Gasteiger partial charge in [-0.1, -0.05) is 35.3 Å². The van der Waals surface area contributed by atoms with Crippen LogP contribution in [0.15, 0.2) is 41.0 Å². The fraction of sp³-hybridized carbons (Fsp3) is 0.143. The van der Waals surface area contributed by atoms with E-state index < -0.39 is 11.9 Å². The van der Waals surface area contributed by atoms with Crippen LogP contribution in [-0.4, -0.2) is 16.1 Å². The van der Waals surface area contributed by atoms with Gasteiger partial charge in [0.15, 0.2) is 0 Å². The first-order valence-electron chi connectivity index (χ1n) is 5.75. The molecule has 1 atom stereocenters. The van der Waals surface area contributed by atoms with Crippen molar-refractivity contribution in [2.24, 2.45) is 0 Å². The molecule has 0 fully saturated rings. The maximum atomic E-state index is 11.5. The van der Waals surface area contributed by atoms with E-state index in [1.807, 2.05) is 12.1 Å². The van der Waals surface area contributed by atoms with Crippen LogP contribution >= 0.6 is 39.1 Å². The van der Waals surface area contributed by atoms with Crippen LogP contribution in [0.4, 0.5) is 0 Å². The maximum absolute atomic E-state index is 11.5. The molecule has 1 heterocycles. The van der Waals surface area contributed by atoms with Gasteiger partial charge in [-0.15, -0.1) is 0 Å². The Hall–Kier alpha value is -1.10. The number of pyridine rings is 1. The molecule has 0 spiro atoms. The third-order valence-electron chi connectivity index (χ3n) is 2.82. The van der Waals surface area contributed by atoms with Gasteiger partial charge in [0.05, 0.1) is 10.7 Å². The smallest absolute Gasteiger partial charge is 0.312 e. The Bertz CT molecular complexity index is 632. The van der Waals surface area contributed by atoms with Crippen LogP contribution in [0.25, 0.3) is 0 Å². The molecule has 1 aromatic heterocycles. The molecule has 1 unspecified atom stereocenters. The molecule has 0 saturated heterocycles. The average Bonchev–Trinajstić information content (AvgIpc) is 2.39. The van der Waals surface area contributed by atoms with Gasteiger partial charge in [0.25, 0.3) is 0 Å². The van der Waals surface area contributed by atoms with E-state index in [0.29, 0.717) is 26.6 Å². The summed E-state index contributed by atoms with van der Waals surface area (Å²) in [5.74, 6) is -1.68. The zero-order valence-electron chi connectivity index (χ0n) is 10.2. The SMILES string of the molecule is O=C(O)C(Cc1ccc(Cl)cc1)c1ncc(Cl)cc1Br. The van der Waals surface area contributed by atoms with Gasteiger partial charge in [0, 0.05) is 15.7 Å². The Labute approximate surface area is 134 Å². The molecule has 0 amide bonds. The summed E-state index contributed by atoms with van der Waals surface area (Å²) in [7, 11) is 0. The second kappa shape index (κ2) is 6.57. The van der Waals surface area contributed by atoms with Gasteiger partial charge < -0.3 is 5.11 Å². The Morgan fingerprint density at radius 1 is 1.25 bits per heavy atom. The molecule has 6 heteroatoms. The second-order valence-electron chi connectivity index (χ2n) is 4.24. The van der Waals surface area contributed by atoms with Gasteiger partial charge in [-0.25, -0.2) is 0 Å². The number of hydrogen-bond donors (Lipinski definition) is 1. The van der Waals surface area contributed by atoms with Crippen molar-refractivity contribution in [3.63, 3.8) is 0 Å². The minimum absolute atomic E-state index is 0.333. The van der Waals surface area contributed by atoms with E-state index in [0.717, 1.165) is 5.56 Å². The van der Waals surface area contributed by atoms with Crippen LogP contribution in [0.2, 0.25) is 10.0 Å². The van der Waals surface area contributed by atoms with Crippen molar-refractivity contribution in [1.82, 2.24) is 4.98 Å². The van der Waals surface area contributed by atoms with Crippen molar-refractivity contribution in [2.45, 2.75) is 12.3 Å². The zero-order chi connectivity index (χ0) is 14.7. The summed E-state index contributed by atoms with van der Waals surface area (Å²) in [6, 6.07) is 8.73. The van der Waals surface area contributed by atoms with Crippen LogP contribution in [0.5, 0.6) is 0 Å². The summed E-state index contributed by atoms with van der Waals surface area (Å²) >= 11 is 15.0. The summed E-state index contributed by atoms with van der Waals surface area (Å²) in [6.45, 7) is 0. The van der Waals surface area contributed by atoms with Crippen LogP contribution < -0.4 is 0 Å². The summed E-state index contributed by atoms with van der Waals surface area (Å²) in [5.41, 5.74) is 1.34. The highest BCUT2D eigenvalue weighted by Crippen LogP contribution is 2.28. The summed E-state index contributed by atoms with van der Waals surface area (Å²) in [5, 5.41) is 10.5. The third kappa shape index (κ3) is 3.72. The Kier molecular flexibility index (Phi) is 5.02. The van der Waals surface area contributed by atoms with Crippen LogP contribution in [-0.2, 0) is 11.2 Å². The number of benzene rings is 1. The molecule has 1 N–H and O–H groups in total. The van der Waals surface area contributed by atoms with Crippen molar-refractivity contribution >= 4 is 45.1 Å². The number of halogens is 3. The highest BCUT2D eigenvalue weighted by atomic mass is 79.9. The first-order chi connectivity index (χ1) is 9.47. The second-order valence-corrected chi connectivity index (χ2v) is 5.97. The lowest BCUT2D eigenvalue weighted by molar-refractivity contribution is -0.138. The summed E-state index contributed by atoms with van der Waals surface area (Å²) in [4.78, 5) is 15.6. The molecular formula is C14H10BrCl2NO2. The monoisotopic (exact) mass is 373 g/mol. The standard InChI is InChI=1S/C14H10BrCl2NO2/c15-12-6-10(17)7-18-13(12)11(14(19)20)5-8-1-3-9(16)4-2-8/h1-4,6-7,11H,5H2,(H,19,20). The Morgan fingerprint density at radius 2 is 1.90 bits per heavy atom. The van der Waals surface area contributed by atoms with Gasteiger partial charge in [0.2, 0.25) is 0 Å². The van der Waals surface area contributed by atoms with E-state index in [4.69, 9.17) is 23.2 Å². The molecule has 2 rings (SSSR count). The molecule has 0 saturated carbocycles. The van der Waals surface area contributed by atoms with Crippen molar-refractivity contribution in [1.29, 1.82) is 0 Å². The summed E-state index contributed by atoms with van der Waals surface area (Å²) in [6.07, 6.45) is 1.78. The molecule has 0 bridgehead atoms. The topological polar surface area (TPSA) is 50.2 Å². The molecule has 0 aliphatic heterocycles. The van der Waals surface area contributed by atoms with Gasteiger partial charge in [-0.05, 0) is 46.1 Å². The Balaban J connectivity index is 2.31. The van der Waals surface area contributed by atoms with E-state index in [9.17, 15) is 9.90 Å². The normalized spacial score (nSPS) is 12.2. The molecule has 104 valence electrons. The maximum Gasteiger partial charge on any atom is 0.312 e. The Morgan fingerprint density at radius 3 is 2.45 bits per heavy atom. The highest BCUT2D eigenvalue weighted by Gasteiger charge is 2.24. The van der Waals surface area contributed by atoms with E-state index >= 15 is 0 Å². The van der Waals surface area contributed by atoms with Crippen LogP contribution in [0.1, 0.15) is 17.2 Å². The van der Waals surface area contributed by atoms with Crippen molar-refractivity contribution in [2.75, 3.05) is 0 Å². The van der Waals surface area contributed by atoms with Gasteiger partial charge in [-0.3, -0.25) is 9.78 Å². The van der Waals surface area contributed by atoms with Gasteiger partial charge >= 0.3 is 5.97 Å². The average molecular weight is 375 g/mol. The molecule has 1 aromatic carbocycles. The lowest BCUT2D eigenvalue weighted by Crippen LogP contribution is -2.16. The fourth-order valence-electron chi connectivity index (χ4n) is 1.84. The predicted molar refractivity (Wildman–Crippen MR) is 82.5 cm³/mol. The number of rotatable bonds is 4.